The molecule has 0 aromatic rings. The molecule has 0 aromatic heterocycles. The summed E-state index contributed by atoms with van der Waals surface area (Å²) in [6, 6.07) is -0.652. The highest BCUT2D eigenvalue weighted by molar-refractivity contribution is 5.90. The third kappa shape index (κ3) is 1.49. The van der Waals surface area contributed by atoms with E-state index in [0.29, 0.717) is 6.42 Å². The van der Waals surface area contributed by atoms with Gasteiger partial charge in [0.2, 0.25) is 5.91 Å². The number of carbonyl (C=O) groups is 2. The Balaban J connectivity index is 2.13. The highest BCUT2D eigenvalue weighted by Crippen LogP contribution is 2.34. The zero-order chi connectivity index (χ0) is 11.0. The van der Waals surface area contributed by atoms with Crippen LogP contribution in [0.2, 0.25) is 0 Å². The second-order valence-corrected chi connectivity index (χ2v) is 3.56. The van der Waals surface area contributed by atoms with Crippen molar-refractivity contribution in [2.45, 2.75) is 24.8 Å². The number of nitrogens with zero attached hydrogens (tertiary/aromatic N) is 1. The molecule has 0 N–H and O–H groups in total. The van der Waals surface area contributed by atoms with Crippen molar-refractivity contribution in [1.29, 1.82) is 0 Å². The third-order valence-electron chi connectivity index (χ3n) is 2.70. The summed E-state index contributed by atoms with van der Waals surface area (Å²) < 4.78 is 15.1. The lowest BCUT2D eigenvalue weighted by Crippen LogP contribution is -2.56. The van der Waals surface area contributed by atoms with E-state index in [1.54, 1.807) is 0 Å². The topological polar surface area (TPSA) is 65.1 Å². The van der Waals surface area contributed by atoms with Crippen molar-refractivity contribution in [3.8, 4) is 0 Å². The summed E-state index contributed by atoms with van der Waals surface area (Å²) in [6.45, 7) is 0.278. The molecule has 2 aliphatic heterocycles. The first-order valence-corrected chi connectivity index (χ1v) is 4.72. The number of β-lactam (4-membered cyclic amide) rings is 1. The number of hydrogen-bond acceptors (Lipinski definition) is 5. The Morgan fingerprint density at radius 2 is 2.33 bits per heavy atom. The van der Waals surface area contributed by atoms with Crippen LogP contribution >= 0.6 is 0 Å². The first-order valence-electron chi connectivity index (χ1n) is 4.72. The molecular weight excluding hydrogens is 202 g/mol. The first-order chi connectivity index (χ1) is 7.19. The van der Waals surface area contributed by atoms with Crippen LogP contribution in [-0.4, -0.2) is 56.0 Å². The maximum atomic E-state index is 11.5. The zero-order valence-corrected chi connectivity index (χ0v) is 8.63. The first kappa shape index (κ1) is 10.4. The van der Waals surface area contributed by atoms with Gasteiger partial charge in [0.05, 0.1) is 20.1 Å². The van der Waals surface area contributed by atoms with Gasteiger partial charge < -0.3 is 14.2 Å². The minimum absolute atomic E-state index is 0.0750. The Labute approximate surface area is 87.1 Å². The molecule has 6 heteroatoms. The van der Waals surface area contributed by atoms with E-state index in [9.17, 15) is 9.59 Å². The van der Waals surface area contributed by atoms with Gasteiger partial charge in [-0.1, -0.05) is 0 Å². The second kappa shape index (κ2) is 3.79. The lowest BCUT2D eigenvalue weighted by Gasteiger charge is -2.34. The maximum absolute atomic E-state index is 11.5. The molecule has 2 fully saturated rings. The molecule has 0 bridgehead atoms. The number of methoxy groups -OCH3 is 2. The summed E-state index contributed by atoms with van der Waals surface area (Å²) in [5.74, 6) is -0.526. The molecule has 3 unspecified atom stereocenters. The molecule has 6 nitrogen and oxygen atoms in total. The summed E-state index contributed by atoms with van der Waals surface area (Å²) in [5.41, 5.74) is 0. The second-order valence-electron chi connectivity index (χ2n) is 3.56. The molecule has 0 spiro atoms. The zero-order valence-electron chi connectivity index (χ0n) is 8.63. The average molecular weight is 215 g/mol. The number of hydrogen-bond donors (Lipinski definition) is 0. The van der Waals surface area contributed by atoms with Crippen LogP contribution in [0.5, 0.6) is 0 Å². The van der Waals surface area contributed by atoms with Gasteiger partial charge in [-0.2, -0.15) is 0 Å². The lowest BCUT2D eigenvalue weighted by molar-refractivity contribution is -0.164. The van der Waals surface area contributed by atoms with Gasteiger partial charge in [-0.15, -0.1) is 0 Å². The number of carbonyl (C=O) groups excluding carboxylic acids is 2. The SMILES string of the molecule is COCC1OC2CC(=O)N2C1C(=O)OC. The molecule has 0 aromatic carbocycles. The van der Waals surface area contributed by atoms with Gasteiger partial charge in [-0.3, -0.25) is 9.69 Å². The minimum Gasteiger partial charge on any atom is -0.467 e. The third-order valence-corrected chi connectivity index (χ3v) is 2.70. The van der Waals surface area contributed by atoms with Gasteiger partial charge in [0.1, 0.15) is 12.3 Å². The lowest BCUT2D eigenvalue weighted by atomic mass is 10.1. The predicted octanol–water partition coefficient (Wildman–Crippen LogP) is -0.868. The van der Waals surface area contributed by atoms with E-state index in [1.165, 1.54) is 19.1 Å². The van der Waals surface area contributed by atoms with E-state index < -0.39 is 18.1 Å². The summed E-state index contributed by atoms with van der Waals surface area (Å²) in [7, 11) is 2.82. The van der Waals surface area contributed by atoms with Gasteiger partial charge in [0.15, 0.2) is 6.04 Å². The standard InChI is InChI=1S/C9H13NO5/c1-13-4-5-8(9(12)14-2)10-6(11)3-7(10)15-5/h5,7-8H,3-4H2,1-2H3. The van der Waals surface area contributed by atoms with Crippen molar-refractivity contribution >= 4 is 11.9 Å². The number of rotatable bonds is 3. The number of esters is 1. The van der Waals surface area contributed by atoms with Gasteiger partial charge in [0, 0.05) is 7.11 Å². The van der Waals surface area contributed by atoms with Crippen LogP contribution in [0.4, 0.5) is 0 Å². The quantitative estimate of drug-likeness (QED) is 0.452. The fourth-order valence-corrected chi connectivity index (χ4v) is 1.99. The summed E-state index contributed by atoms with van der Waals surface area (Å²) in [4.78, 5) is 24.2. The summed E-state index contributed by atoms with van der Waals surface area (Å²) in [5, 5.41) is 0. The molecular formula is C9H13NO5. The van der Waals surface area contributed by atoms with Gasteiger partial charge >= 0.3 is 5.97 Å². The Bertz CT molecular complexity index is 292. The molecule has 2 aliphatic rings. The molecule has 15 heavy (non-hydrogen) atoms. The Kier molecular flexibility index (Phi) is 2.62. The summed E-state index contributed by atoms with van der Waals surface area (Å²) >= 11 is 0. The smallest absolute Gasteiger partial charge is 0.331 e. The van der Waals surface area contributed by atoms with Crippen LogP contribution in [0.15, 0.2) is 0 Å². The predicted molar refractivity (Wildman–Crippen MR) is 47.8 cm³/mol. The average Bonchev–Trinajstić information content (AvgIpc) is 2.50. The number of fused-ring (bicyclic) bond motifs is 1. The monoisotopic (exact) mass is 215 g/mol. The molecule has 3 atom stereocenters. The number of amides is 1. The van der Waals surface area contributed by atoms with Crippen LogP contribution in [0.25, 0.3) is 0 Å². The molecule has 1 amide bonds. The molecule has 0 radical (unpaired) electrons. The highest BCUT2D eigenvalue weighted by atomic mass is 16.6. The minimum atomic E-state index is -0.652. The highest BCUT2D eigenvalue weighted by Gasteiger charge is 2.55. The van der Waals surface area contributed by atoms with Crippen molar-refractivity contribution in [3.63, 3.8) is 0 Å². The summed E-state index contributed by atoms with van der Waals surface area (Å²) in [6.07, 6.45) is -0.353. The Morgan fingerprint density at radius 3 is 2.87 bits per heavy atom. The van der Waals surface area contributed by atoms with E-state index in [2.05, 4.69) is 4.74 Å². The Hall–Kier alpha value is -1.14. The normalized spacial score (nSPS) is 33.6. The van der Waals surface area contributed by atoms with Crippen molar-refractivity contribution in [2.24, 2.45) is 0 Å². The van der Waals surface area contributed by atoms with Crippen molar-refractivity contribution < 1.29 is 23.8 Å². The fraction of sp³-hybridized carbons (Fsp3) is 0.778. The maximum Gasteiger partial charge on any atom is 0.331 e. The van der Waals surface area contributed by atoms with E-state index in [1.807, 2.05) is 0 Å². The fourth-order valence-electron chi connectivity index (χ4n) is 1.99. The van der Waals surface area contributed by atoms with Crippen LogP contribution in [0, 0.1) is 0 Å². The number of ether oxygens (including phenoxy) is 3. The molecule has 0 saturated carbocycles. The van der Waals surface area contributed by atoms with E-state index in [-0.39, 0.29) is 18.7 Å². The molecule has 2 rings (SSSR count). The van der Waals surface area contributed by atoms with Crippen molar-refractivity contribution in [3.05, 3.63) is 0 Å². The van der Waals surface area contributed by atoms with Gasteiger partial charge in [-0.25, -0.2) is 4.79 Å². The van der Waals surface area contributed by atoms with E-state index in [0.717, 1.165) is 0 Å². The molecule has 0 aliphatic carbocycles. The Morgan fingerprint density at radius 1 is 1.60 bits per heavy atom. The van der Waals surface area contributed by atoms with Gasteiger partial charge in [-0.05, 0) is 0 Å². The largest absolute Gasteiger partial charge is 0.467 e. The van der Waals surface area contributed by atoms with Gasteiger partial charge in [0.25, 0.3) is 0 Å². The molecule has 2 saturated heterocycles. The van der Waals surface area contributed by atoms with Crippen molar-refractivity contribution in [2.75, 3.05) is 20.8 Å². The van der Waals surface area contributed by atoms with Crippen LogP contribution in [-0.2, 0) is 23.8 Å². The van der Waals surface area contributed by atoms with E-state index in [4.69, 9.17) is 9.47 Å². The van der Waals surface area contributed by atoms with Crippen LogP contribution in [0.1, 0.15) is 6.42 Å². The van der Waals surface area contributed by atoms with Crippen molar-refractivity contribution in [1.82, 2.24) is 4.90 Å². The van der Waals surface area contributed by atoms with Crippen LogP contribution in [0.3, 0.4) is 0 Å². The van der Waals surface area contributed by atoms with E-state index >= 15 is 0 Å². The molecule has 2 heterocycles. The van der Waals surface area contributed by atoms with Crippen LogP contribution < -0.4 is 0 Å². The molecule has 84 valence electrons.